The van der Waals surface area contributed by atoms with Gasteiger partial charge in [0.15, 0.2) is 0 Å². The van der Waals surface area contributed by atoms with Crippen molar-refractivity contribution in [3.8, 4) is 0 Å². The standard InChI is InChI=1S/C16H13N3O4S/c1-18-8-10(14(20)19(2)16(18)23)4-6-13-17-11-5-3-9(15(21)22)7-12(11)24-13/h3-8H,1-2H3,(H,21,22). The summed E-state index contributed by atoms with van der Waals surface area (Å²) in [6.45, 7) is 0. The zero-order valence-electron chi connectivity index (χ0n) is 12.9. The lowest BCUT2D eigenvalue weighted by Gasteiger charge is -2.02. The summed E-state index contributed by atoms with van der Waals surface area (Å²) < 4.78 is 3.12. The van der Waals surface area contributed by atoms with E-state index < -0.39 is 11.7 Å². The molecule has 0 aliphatic rings. The fourth-order valence-electron chi connectivity index (χ4n) is 2.26. The Morgan fingerprint density at radius 3 is 2.71 bits per heavy atom. The normalized spacial score (nSPS) is 11.4. The Morgan fingerprint density at radius 2 is 2.00 bits per heavy atom. The summed E-state index contributed by atoms with van der Waals surface area (Å²) in [6, 6.07) is 4.72. The number of aromatic carboxylic acids is 1. The molecule has 0 atom stereocenters. The molecule has 3 aromatic rings. The number of aromatic nitrogens is 3. The number of hydrogen-bond acceptors (Lipinski definition) is 5. The van der Waals surface area contributed by atoms with Gasteiger partial charge in [-0.25, -0.2) is 14.6 Å². The molecule has 0 radical (unpaired) electrons. The van der Waals surface area contributed by atoms with E-state index in [0.29, 0.717) is 16.1 Å². The van der Waals surface area contributed by atoms with Gasteiger partial charge in [-0.2, -0.15) is 0 Å². The first-order valence-electron chi connectivity index (χ1n) is 6.95. The summed E-state index contributed by atoms with van der Waals surface area (Å²) in [5.74, 6) is -0.990. The van der Waals surface area contributed by atoms with Gasteiger partial charge in [-0.15, -0.1) is 11.3 Å². The molecule has 0 bridgehead atoms. The van der Waals surface area contributed by atoms with Gasteiger partial charge >= 0.3 is 11.7 Å². The van der Waals surface area contributed by atoms with E-state index >= 15 is 0 Å². The summed E-state index contributed by atoms with van der Waals surface area (Å²) in [7, 11) is 3.00. The lowest BCUT2D eigenvalue weighted by Crippen LogP contribution is -2.37. The first-order chi connectivity index (χ1) is 11.4. The fraction of sp³-hybridized carbons (Fsp3) is 0.125. The van der Waals surface area contributed by atoms with Gasteiger partial charge in [-0.3, -0.25) is 9.36 Å². The minimum Gasteiger partial charge on any atom is -0.478 e. The van der Waals surface area contributed by atoms with Crippen LogP contribution in [0.15, 0.2) is 34.0 Å². The van der Waals surface area contributed by atoms with E-state index in [1.165, 1.54) is 35.2 Å². The van der Waals surface area contributed by atoms with E-state index in [9.17, 15) is 14.4 Å². The van der Waals surface area contributed by atoms with E-state index in [1.54, 1.807) is 31.3 Å². The Hall–Kier alpha value is -3.00. The first-order valence-corrected chi connectivity index (χ1v) is 7.77. The molecule has 1 N–H and O–H groups in total. The third-order valence-electron chi connectivity index (χ3n) is 3.53. The molecule has 0 spiro atoms. The smallest absolute Gasteiger partial charge is 0.335 e. The highest BCUT2D eigenvalue weighted by Gasteiger charge is 2.08. The largest absolute Gasteiger partial charge is 0.478 e. The minimum absolute atomic E-state index is 0.202. The van der Waals surface area contributed by atoms with Crippen LogP contribution >= 0.6 is 11.3 Å². The predicted octanol–water partition coefficient (Wildman–Crippen LogP) is 1.56. The maximum absolute atomic E-state index is 12.1. The van der Waals surface area contributed by atoms with Crippen LogP contribution < -0.4 is 11.2 Å². The molecule has 7 nitrogen and oxygen atoms in total. The van der Waals surface area contributed by atoms with E-state index in [0.717, 1.165) is 9.27 Å². The Bertz CT molecular complexity index is 1100. The number of nitrogens with zero attached hydrogens (tertiary/aromatic N) is 3. The number of hydrogen-bond donors (Lipinski definition) is 1. The monoisotopic (exact) mass is 343 g/mol. The average molecular weight is 343 g/mol. The van der Waals surface area contributed by atoms with Crippen molar-refractivity contribution in [1.82, 2.24) is 14.1 Å². The zero-order valence-corrected chi connectivity index (χ0v) is 13.7. The highest BCUT2D eigenvalue weighted by Crippen LogP contribution is 2.24. The van der Waals surface area contributed by atoms with Crippen LogP contribution in [0.5, 0.6) is 0 Å². The predicted molar refractivity (Wildman–Crippen MR) is 92.4 cm³/mol. The zero-order chi connectivity index (χ0) is 17.4. The molecule has 24 heavy (non-hydrogen) atoms. The van der Waals surface area contributed by atoms with Crippen molar-refractivity contribution in [3.63, 3.8) is 0 Å². The van der Waals surface area contributed by atoms with E-state index in [4.69, 9.17) is 5.11 Å². The third kappa shape index (κ3) is 2.79. The van der Waals surface area contributed by atoms with E-state index in [2.05, 4.69) is 4.98 Å². The van der Waals surface area contributed by atoms with E-state index in [1.807, 2.05) is 0 Å². The van der Waals surface area contributed by atoms with Crippen LogP contribution in [-0.4, -0.2) is 25.2 Å². The second-order valence-corrected chi connectivity index (χ2v) is 6.28. The van der Waals surface area contributed by atoms with Crippen LogP contribution in [0.1, 0.15) is 20.9 Å². The number of benzene rings is 1. The van der Waals surface area contributed by atoms with Crippen molar-refractivity contribution in [2.24, 2.45) is 14.1 Å². The molecule has 2 aromatic heterocycles. The lowest BCUT2D eigenvalue weighted by molar-refractivity contribution is 0.0697. The second-order valence-electron chi connectivity index (χ2n) is 5.22. The van der Waals surface area contributed by atoms with Crippen molar-refractivity contribution in [3.05, 3.63) is 61.4 Å². The van der Waals surface area contributed by atoms with Crippen molar-refractivity contribution in [2.75, 3.05) is 0 Å². The van der Waals surface area contributed by atoms with Gasteiger partial charge in [0.2, 0.25) is 0 Å². The minimum atomic E-state index is -0.990. The summed E-state index contributed by atoms with van der Waals surface area (Å²) >= 11 is 1.33. The molecule has 3 rings (SSSR count). The molecule has 0 saturated carbocycles. The van der Waals surface area contributed by atoms with Crippen LogP contribution in [0.25, 0.3) is 22.4 Å². The van der Waals surface area contributed by atoms with Crippen molar-refractivity contribution in [2.45, 2.75) is 0 Å². The number of aryl methyl sites for hydroxylation is 1. The van der Waals surface area contributed by atoms with Crippen LogP contribution in [0.4, 0.5) is 0 Å². The Balaban J connectivity index is 2.01. The molecule has 8 heteroatoms. The van der Waals surface area contributed by atoms with Crippen molar-refractivity contribution >= 4 is 39.7 Å². The van der Waals surface area contributed by atoms with Crippen LogP contribution in [-0.2, 0) is 14.1 Å². The maximum Gasteiger partial charge on any atom is 0.335 e. The lowest BCUT2D eigenvalue weighted by atomic mass is 10.2. The summed E-state index contributed by atoms with van der Waals surface area (Å²) in [4.78, 5) is 39.1. The summed E-state index contributed by atoms with van der Waals surface area (Å²) in [5.41, 5.74) is 0.485. The van der Waals surface area contributed by atoms with Crippen LogP contribution in [0.3, 0.4) is 0 Å². The highest BCUT2D eigenvalue weighted by atomic mass is 32.1. The quantitative estimate of drug-likeness (QED) is 0.779. The Morgan fingerprint density at radius 1 is 1.25 bits per heavy atom. The van der Waals surface area contributed by atoms with Gasteiger partial charge in [0.05, 0.1) is 21.3 Å². The number of carboxylic acids is 1. The number of thiazole rings is 1. The number of carbonyl (C=O) groups is 1. The molecule has 122 valence electrons. The van der Waals surface area contributed by atoms with Gasteiger partial charge in [-0.1, -0.05) is 0 Å². The second kappa shape index (κ2) is 5.89. The topological polar surface area (TPSA) is 94.2 Å². The maximum atomic E-state index is 12.1. The van der Waals surface area contributed by atoms with Gasteiger partial charge in [-0.05, 0) is 30.4 Å². The molecule has 1 aromatic carbocycles. The molecule has 0 unspecified atom stereocenters. The van der Waals surface area contributed by atoms with Gasteiger partial charge < -0.3 is 9.67 Å². The molecule has 0 aliphatic carbocycles. The number of carboxylic acid groups (broad SMARTS) is 1. The number of fused-ring (bicyclic) bond motifs is 1. The Labute approximate surface area is 139 Å². The number of rotatable bonds is 3. The Kier molecular flexibility index (Phi) is 3.90. The highest BCUT2D eigenvalue weighted by molar-refractivity contribution is 7.19. The van der Waals surface area contributed by atoms with Gasteiger partial charge in [0.1, 0.15) is 5.01 Å². The molecule has 0 aliphatic heterocycles. The molecular formula is C16H13N3O4S. The molecular weight excluding hydrogens is 330 g/mol. The third-order valence-corrected chi connectivity index (χ3v) is 4.51. The van der Waals surface area contributed by atoms with Gasteiger partial charge in [0.25, 0.3) is 5.56 Å². The molecule has 0 amide bonds. The average Bonchev–Trinajstić information content (AvgIpc) is 2.96. The molecule has 0 saturated heterocycles. The van der Waals surface area contributed by atoms with Crippen LogP contribution in [0, 0.1) is 0 Å². The molecule has 0 fully saturated rings. The summed E-state index contributed by atoms with van der Waals surface area (Å²) in [6.07, 6.45) is 4.74. The fourth-order valence-corrected chi connectivity index (χ4v) is 3.17. The summed E-state index contributed by atoms with van der Waals surface area (Å²) in [5, 5.41) is 9.66. The first kappa shape index (κ1) is 15.9. The van der Waals surface area contributed by atoms with E-state index in [-0.39, 0.29) is 11.1 Å². The van der Waals surface area contributed by atoms with Crippen molar-refractivity contribution < 1.29 is 9.90 Å². The van der Waals surface area contributed by atoms with Gasteiger partial charge in [0, 0.05) is 20.3 Å². The van der Waals surface area contributed by atoms with Crippen molar-refractivity contribution in [1.29, 1.82) is 0 Å². The SMILES string of the molecule is Cn1cc(C=Cc2nc3ccc(C(=O)O)cc3s2)c(=O)n(C)c1=O. The molecule has 2 heterocycles. The van der Waals surface area contributed by atoms with Crippen LogP contribution in [0.2, 0.25) is 0 Å².